The van der Waals surface area contributed by atoms with Gasteiger partial charge < -0.3 is 15.1 Å². The van der Waals surface area contributed by atoms with Crippen LogP contribution in [0.4, 0.5) is 11.4 Å². The molecule has 3 rings (SSSR count). The zero-order chi connectivity index (χ0) is 17.8. The Morgan fingerprint density at radius 1 is 0.960 bits per heavy atom. The number of hydrogen-bond donors (Lipinski definition) is 1. The first kappa shape index (κ1) is 17.3. The molecule has 0 atom stereocenters. The third-order valence-corrected chi connectivity index (χ3v) is 4.62. The van der Waals surface area contributed by atoms with Crippen molar-refractivity contribution in [3.8, 4) is 0 Å². The summed E-state index contributed by atoms with van der Waals surface area (Å²) >= 11 is 6.42. The molecular weight excluding hydrogens is 338 g/mol. The number of nitrogens with one attached hydrogen (secondary N) is 1. The molecule has 1 aliphatic rings. The largest absolute Gasteiger partial charge is 0.365 e. The van der Waals surface area contributed by atoms with Crippen LogP contribution in [0.2, 0.25) is 5.02 Å². The standard InChI is InChI=1S/C19H20ClN3O2/c1-14(24)22-10-12-23(13-11-22)18-16(20)8-5-9-17(18)21-19(25)15-6-3-2-4-7-15/h2-9H,10-13H2,1H3,(H,21,25). The van der Waals surface area contributed by atoms with Gasteiger partial charge >= 0.3 is 0 Å². The van der Waals surface area contributed by atoms with Gasteiger partial charge in [0.1, 0.15) is 0 Å². The maximum absolute atomic E-state index is 12.5. The summed E-state index contributed by atoms with van der Waals surface area (Å²) in [5.74, 6) is -0.0945. The van der Waals surface area contributed by atoms with Crippen LogP contribution in [0.25, 0.3) is 0 Å². The van der Waals surface area contributed by atoms with Gasteiger partial charge in [-0.3, -0.25) is 9.59 Å². The Morgan fingerprint density at radius 3 is 2.28 bits per heavy atom. The molecule has 1 fully saturated rings. The van der Waals surface area contributed by atoms with E-state index in [9.17, 15) is 9.59 Å². The van der Waals surface area contributed by atoms with E-state index >= 15 is 0 Å². The van der Waals surface area contributed by atoms with Crippen molar-refractivity contribution >= 4 is 34.8 Å². The molecule has 130 valence electrons. The van der Waals surface area contributed by atoms with Crippen molar-refractivity contribution in [1.29, 1.82) is 0 Å². The van der Waals surface area contributed by atoms with Crippen LogP contribution >= 0.6 is 11.6 Å². The second-order valence-electron chi connectivity index (χ2n) is 5.95. The summed E-state index contributed by atoms with van der Waals surface area (Å²) in [7, 11) is 0. The summed E-state index contributed by atoms with van der Waals surface area (Å²) < 4.78 is 0. The van der Waals surface area contributed by atoms with E-state index in [1.54, 1.807) is 19.1 Å². The van der Waals surface area contributed by atoms with Crippen LogP contribution in [0, 0.1) is 0 Å². The number of carbonyl (C=O) groups is 2. The number of nitrogens with zero attached hydrogens (tertiary/aromatic N) is 2. The normalized spacial score (nSPS) is 14.3. The highest BCUT2D eigenvalue weighted by atomic mass is 35.5. The van der Waals surface area contributed by atoms with E-state index in [-0.39, 0.29) is 11.8 Å². The molecule has 0 bridgehead atoms. The lowest BCUT2D eigenvalue weighted by Crippen LogP contribution is -2.48. The number of para-hydroxylation sites is 1. The molecule has 0 spiro atoms. The maximum Gasteiger partial charge on any atom is 0.255 e. The van der Waals surface area contributed by atoms with Crippen molar-refractivity contribution in [3.05, 3.63) is 59.1 Å². The van der Waals surface area contributed by atoms with E-state index in [4.69, 9.17) is 11.6 Å². The quantitative estimate of drug-likeness (QED) is 0.917. The van der Waals surface area contributed by atoms with Crippen LogP contribution in [0.5, 0.6) is 0 Å². The molecule has 2 amide bonds. The van der Waals surface area contributed by atoms with Gasteiger partial charge in [-0.25, -0.2) is 0 Å². The highest BCUT2D eigenvalue weighted by Crippen LogP contribution is 2.34. The van der Waals surface area contributed by atoms with Crippen LogP contribution in [0.3, 0.4) is 0 Å². The summed E-state index contributed by atoms with van der Waals surface area (Å²) in [5, 5.41) is 3.54. The Morgan fingerprint density at radius 2 is 1.64 bits per heavy atom. The highest BCUT2D eigenvalue weighted by Gasteiger charge is 2.23. The molecule has 2 aromatic rings. The van der Waals surface area contributed by atoms with Gasteiger partial charge in [-0.05, 0) is 24.3 Å². The third kappa shape index (κ3) is 3.94. The lowest BCUT2D eigenvalue weighted by molar-refractivity contribution is -0.129. The van der Waals surface area contributed by atoms with Gasteiger partial charge in [-0.15, -0.1) is 0 Å². The number of rotatable bonds is 3. The average Bonchev–Trinajstić information content (AvgIpc) is 2.63. The minimum atomic E-state index is -0.175. The SMILES string of the molecule is CC(=O)N1CCN(c2c(Cl)cccc2NC(=O)c2ccccc2)CC1. The summed E-state index contributed by atoms with van der Waals surface area (Å²) in [6.45, 7) is 4.23. The van der Waals surface area contributed by atoms with E-state index in [1.165, 1.54) is 0 Å². The highest BCUT2D eigenvalue weighted by molar-refractivity contribution is 6.34. The molecule has 2 aromatic carbocycles. The molecule has 5 nitrogen and oxygen atoms in total. The van der Waals surface area contributed by atoms with Crippen molar-refractivity contribution in [2.75, 3.05) is 36.4 Å². The van der Waals surface area contributed by atoms with Crippen LogP contribution in [-0.2, 0) is 4.79 Å². The molecule has 25 heavy (non-hydrogen) atoms. The Kier molecular flexibility index (Phi) is 5.24. The second-order valence-corrected chi connectivity index (χ2v) is 6.36. The van der Waals surface area contributed by atoms with Gasteiger partial charge in [0.2, 0.25) is 5.91 Å². The van der Waals surface area contributed by atoms with Gasteiger partial charge in [0.15, 0.2) is 0 Å². The monoisotopic (exact) mass is 357 g/mol. The Balaban J connectivity index is 1.81. The summed E-state index contributed by atoms with van der Waals surface area (Å²) in [6.07, 6.45) is 0. The zero-order valence-corrected chi connectivity index (χ0v) is 14.8. The number of benzene rings is 2. The Hall–Kier alpha value is -2.53. The Labute approximate surface area is 152 Å². The number of hydrogen-bond acceptors (Lipinski definition) is 3. The van der Waals surface area contributed by atoms with Gasteiger partial charge in [0, 0.05) is 38.7 Å². The fraction of sp³-hybridized carbons (Fsp3) is 0.263. The molecule has 1 N–H and O–H groups in total. The maximum atomic E-state index is 12.5. The number of amides is 2. The van der Waals surface area contributed by atoms with Crippen molar-refractivity contribution < 1.29 is 9.59 Å². The van der Waals surface area contributed by atoms with Crippen LogP contribution in [-0.4, -0.2) is 42.9 Å². The van der Waals surface area contributed by atoms with E-state index in [0.717, 1.165) is 5.69 Å². The molecular formula is C19H20ClN3O2. The van der Waals surface area contributed by atoms with Crippen LogP contribution in [0.15, 0.2) is 48.5 Å². The van der Waals surface area contributed by atoms with Gasteiger partial charge in [-0.2, -0.15) is 0 Å². The van der Waals surface area contributed by atoms with Gasteiger partial charge in [0.25, 0.3) is 5.91 Å². The summed E-state index contributed by atoms with van der Waals surface area (Å²) in [4.78, 5) is 27.9. The molecule has 0 aliphatic carbocycles. The number of anilines is 2. The van der Waals surface area contributed by atoms with Crippen molar-refractivity contribution in [2.45, 2.75) is 6.92 Å². The van der Waals surface area contributed by atoms with Crippen molar-refractivity contribution in [1.82, 2.24) is 4.90 Å². The fourth-order valence-corrected chi connectivity index (χ4v) is 3.26. The predicted octanol–water partition coefficient (Wildman–Crippen LogP) is 3.26. The minimum Gasteiger partial charge on any atom is -0.365 e. The van der Waals surface area contributed by atoms with E-state index in [1.807, 2.05) is 41.3 Å². The lowest BCUT2D eigenvalue weighted by Gasteiger charge is -2.37. The fourth-order valence-electron chi connectivity index (χ4n) is 2.97. The van der Waals surface area contributed by atoms with E-state index in [0.29, 0.717) is 42.5 Å². The molecule has 0 aromatic heterocycles. The molecule has 0 unspecified atom stereocenters. The smallest absolute Gasteiger partial charge is 0.255 e. The van der Waals surface area contributed by atoms with E-state index in [2.05, 4.69) is 10.2 Å². The van der Waals surface area contributed by atoms with Crippen molar-refractivity contribution in [3.63, 3.8) is 0 Å². The third-order valence-electron chi connectivity index (χ3n) is 4.31. The lowest BCUT2D eigenvalue weighted by atomic mass is 10.1. The topological polar surface area (TPSA) is 52.7 Å². The number of piperazine rings is 1. The van der Waals surface area contributed by atoms with Crippen LogP contribution in [0.1, 0.15) is 17.3 Å². The minimum absolute atomic E-state index is 0.0800. The molecule has 1 saturated heterocycles. The van der Waals surface area contributed by atoms with Gasteiger partial charge in [0.05, 0.1) is 16.4 Å². The number of halogens is 1. The summed E-state index contributed by atoms with van der Waals surface area (Å²) in [6, 6.07) is 14.5. The molecule has 1 heterocycles. The van der Waals surface area contributed by atoms with Gasteiger partial charge in [-0.1, -0.05) is 35.9 Å². The molecule has 6 heteroatoms. The van der Waals surface area contributed by atoms with E-state index < -0.39 is 0 Å². The predicted molar refractivity (Wildman–Crippen MR) is 100 cm³/mol. The second kappa shape index (κ2) is 7.57. The molecule has 1 aliphatic heterocycles. The van der Waals surface area contributed by atoms with Crippen molar-refractivity contribution in [2.24, 2.45) is 0 Å². The number of carbonyl (C=O) groups excluding carboxylic acids is 2. The summed E-state index contributed by atoms with van der Waals surface area (Å²) in [5.41, 5.74) is 2.07. The Bertz CT molecular complexity index is 771. The molecule has 0 saturated carbocycles. The first-order chi connectivity index (χ1) is 12.1. The molecule has 0 radical (unpaired) electrons. The first-order valence-electron chi connectivity index (χ1n) is 8.21. The first-order valence-corrected chi connectivity index (χ1v) is 8.59. The average molecular weight is 358 g/mol. The van der Waals surface area contributed by atoms with Crippen LogP contribution < -0.4 is 10.2 Å². The zero-order valence-electron chi connectivity index (χ0n) is 14.0.